The number of aromatic amines is 1. The highest BCUT2D eigenvalue weighted by molar-refractivity contribution is 7.16. The number of pyridine rings is 1. The molecule has 3 aromatic rings. The number of benzene rings is 1. The molecule has 2 aromatic heterocycles. The topological polar surface area (TPSA) is 49.9 Å². The lowest BCUT2D eigenvalue weighted by Gasteiger charge is -2.03. The summed E-state index contributed by atoms with van der Waals surface area (Å²) in [5.41, 5.74) is 0.844. The van der Waals surface area contributed by atoms with Gasteiger partial charge in [-0.05, 0) is 35.6 Å². The van der Waals surface area contributed by atoms with E-state index in [9.17, 15) is 18.4 Å². The summed E-state index contributed by atoms with van der Waals surface area (Å²) in [7, 11) is 0. The van der Waals surface area contributed by atoms with Crippen molar-refractivity contribution in [2.45, 2.75) is 13.3 Å². The number of thiophene rings is 1. The number of aryl methyl sites for hydroxylation is 1. The highest BCUT2D eigenvalue weighted by Crippen LogP contribution is 2.23. The molecule has 0 aliphatic heterocycles. The monoisotopic (exact) mass is 345 g/mol. The zero-order chi connectivity index (χ0) is 17.3. The van der Waals surface area contributed by atoms with Gasteiger partial charge in [-0.1, -0.05) is 30.3 Å². The molecule has 0 spiro atoms. The molecule has 24 heavy (non-hydrogen) atoms. The van der Waals surface area contributed by atoms with Crippen molar-refractivity contribution >= 4 is 33.4 Å². The van der Waals surface area contributed by atoms with Crippen LogP contribution in [0.3, 0.4) is 0 Å². The van der Waals surface area contributed by atoms with Crippen LogP contribution in [0.25, 0.3) is 16.3 Å². The highest BCUT2D eigenvalue weighted by atomic mass is 32.1. The first-order valence-corrected chi connectivity index (χ1v) is 8.06. The van der Waals surface area contributed by atoms with E-state index in [-0.39, 0.29) is 11.1 Å². The average Bonchev–Trinajstić information content (AvgIpc) is 3.01. The number of fused-ring (bicyclic) bond motifs is 1. The van der Waals surface area contributed by atoms with E-state index >= 15 is 0 Å². The maximum absolute atomic E-state index is 12.5. The summed E-state index contributed by atoms with van der Waals surface area (Å²) in [6.07, 6.45) is 0.268. The summed E-state index contributed by atoms with van der Waals surface area (Å²) < 4.78 is 25.0. The second-order valence-electron chi connectivity index (χ2n) is 5.28. The summed E-state index contributed by atoms with van der Waals surface area (Å²) in [5.74, 6) is -0.417. The molecule has 0 atom stereocenters. The number of halogens is 2. The number of carbonyl (C=O) groups excluding carboxylic acids is 1. The van der Waals surface area contributed by atoms with Gasteiger partial charge < -0.3 is 4.98 Å². The Kier molecular flexibility index (Phi) is 4.40. The average molecular weight is 345 g/mol. The van der Waals surface area contributed by atoms with Gasteiger partial charge in [0.2, 0.25) is 0 Å². The Labute approximate surface area is 140 Å². The van der Waals surface area contributed by atoms with Gasteiger partial charge in [-0.2, -0.15) is 0 Å². The minimum atomic E-state index is -2.52. The van der Waals surface area contributed by atoms with Crippen LogP contribution in [-0.4, -0.2) is 10.8 Å². The first-order chi connectivity index (χ1) is 11.5. The van der Waals surface area contributed by atoms with Gasteiger partial charge in [-0.25, -0.2) is 8.78 Å². The second-order valence-corrected chi connectivity index (χ2v) is 6.20. The number of ketones is 1. The van der Waals surface area contributed by atoms with Gasteiger partial charge in [-0.15, -0.1) is 11.3 Å². The lowest BCUT2D eigenvalue weighted by atomic mass is 10.0. The van der Waals surface area contributed by atoms with Crippen LogP contribution in [0.15, 0.2) is 46.6 Å². The minimum absolute atomic E-state index is 0.0753. The van der Waals surface area contributed by atoms with Gasteiger partial charge in [0, 0.05) is 10.9 Å². The second kappa shape index (κ2) is 6.49. The van der Waals surface area contributed by atoms with Crippen molar-refractivity contribution in [1.29, 1.82) is 0 Å². The van der Waals surface area contributed by atoms with Crippen molar-refractivity contribution in [2.75, 3.05) is 0 Å². The van der Waals surface area contributed by atoms with E-state index < -0.39 is 17.8 Å². The lowest BCUT2D eigenvalue weighted by Crippen LogP contribution is -2.18. The first kappa shape index (κ1) is 16.3. The third-order valence-electron chi connectivity index (χ3n) is 3.76. The predicted octanol–water partition coefficient (Wildman–Crippen LogP) is 4.73. The third-order valence-corrected chi connectivity index (χ3v) is 4.59. The van der Waals surface area contributed by atoms with E-state index in [4.69, 9.17) is 0 Å². The van der Waals surface area contributed by atoms with Crippen molar-refractivity contribution in [3.8, 4) is 0 Å². The maximum Gasteiger partial charge on any atom is 0.263 e. The van der Waals surface area contributed by atoms with Crippen LogP contribution < -0.4 is 5.56 Å². The third kappa shape index (κ3) is 3.05. The number of alkyl halides is 2. The largest absolute Gasteiger partial charge is 0.313 e. The number of carbonyl (C=O) groups is 1. The zero-order valence-corrected chi connectivity index (χ0v) is 13.5. The molecular formula is C18H13F2NO2S. The van der Waals surface area contributed by atoms with Crippen molar-refractivity contribution in [2.24, 2.45) is 0 Å². The van der Waals surface area contributed by atoms with E-state index in [0.29, 0.717) is 11.1 Å². The molecule has 3 nitrogen and oxygen atoms in total. The number of H-pyrrole nitrogens is 1. The summed E-state index contributed by atoms with van der Waals surface area (Å²) in [5, 5.41) is 2.69. The molecule has 0 saturated carbocycles. The molecule has 3 rings (SSSR count). The van der Waals surface area contributed by atoms with Crippen LogP contribution in [0.1, 0.15) is 33.5 Å². The maximum atomic E-state index is 12.5. The first-order valence-electron chi connectivity index (χ1n) is 7.18. The van der Waals surface area contributed by atoms with Crippen molar-refractivity contribution in [3.05, 3.63) is 74.4 Å². The molecular weight excluding hydrogens is 332 g/mol. The van der Waals surface area contributed by atoms with Crippen LogP contribution in [-0.2, 0) is 0 Å². The quantitative estimate of drug-likeness (QED) is 0.549. The van der Waals surface area contributed by atoms with Gasteiger partial charge in [-0.3, -0.25) is 9.59 Å². The van der Waals surface area contributed by atoms with Crippen molar-refractivity contribution in [3.63, 3.8) is 0 Å². The fraction of sp³-hybridized carbons (Fsp3) is 0.111. The molecule has 0 saturated heterocycles. The fourth-order valence-electron chi connectivity index (χ4n) is 2.48. The van der Waals surface area contributed by atoms with Crippen LogP contribution in [0.2, 0.25) is 0 Å². The molecule has 0 unspecified atom stereocenters. The number of aromatic nitrogens is 1. The molecule has 1 aromatic carbocycles. The van der Waals surface area contributed by atoms with Gasteiger partial charge in [0.05, 0.1) is 5.56 Å². The SMILES string of the molecule is Cc1c(C(=O)/C=C/c2ccc(C(F)F)cc2)c(=O)[nH]c2sccc12. The summed E-state index contributed by atoms with van der Waals surface area (Å²) in [6.45, 7) is 1.74. The van der Waals surface area contributed by atoms with Crippen LogP contribution in [0.4, 0.5) is 8.78 Å². The van der Waals surface area contributed by atoms with E-state index in [1.807, 2.05) is 11.4 Å². The van der Waals surface area contributed by atoms with Crippen LogP contribution >= 0.6 is 11.3 Å². The van der Waals surface area contributed by atoms with Crippen molar-refractivity contribution < 1.29 is 13.6 Å². The molecule has 0 aliphatic rings. The minimum Gasteiger partial charge on any atom is -0.313 e. The summed E-state index contributed by atoms with van der Waals surface area (Å²) >= 11 is 1.40. The Hall–Kier alpha value is -2.60. The van der Waals surface area contributed by atoms with Crippen LogP contribution in [0.5, 0.6) is 0 Å². The van der Waals surface area contributed by atoms with Gasteiger partial charge in [0.15, 0.2) is 5.78 Å². The van der Waals surface area contributed by atoms with E-state index in [0.717, 1.165) is 10.2 Å². The van der Waals surface area contributed by atoms with E-state index in [1.54, 1.807) is 6.92 Å². The number of rotatable bonds is 4. The number of allylic oxidation sites excluding steroid dienone is 1. The Morgan fingerprint density at radius 3 is 2.58 bits per heavy atom. The fourth-order valence-corrected chi connectivity index (χ4v) is 3.32. The van der Waals surface area contributed by atoms with Gasteiger partial charge in [0.25, 0.3) is 12.0 Å². The Bertz CT molecular complexity index is 984. The molecule has 1 N–H and O–H groups in total. The van der Waals surface area contributed by atoms with Gasteiger partial charge in [0.1, 0.15) is 4.83 Å². The number of hydrogen-bond donors (Lipinski definition) is 1. The van der Waals surface area contributed by atoms with Crippen LogP contribution in [0, 0.1) is 6.92 Å². The lowest BCUT2D eigenvalue weighted by molar-refractivity contribution is 0.104. The smallest absolute Gasteiger partial charge is 0.263 e. The molecule has 2 heterocycles. The number of hydrogen-bond acceptors (Lipinski definition) is 3. The van der Waals surface area contributed by atoms with Crippen molar-refractivity contribution in [1.82, 2.24) is 4.98 Å². The Morgan fingerprint density at radius 2 is 1.92 bits per heavy atom. The zero-order valence-electron chi connectivity index (χ0n) is 12.7. The molecule has 0 fully saturated rings. The van der Waals surface area contributed by atoms with Gasteiger partial charge >= 0.3 is 0 Å². The molecule has 0 amide bonds. The summed E-state index contributed by atoms with van der Waals surface area (Å²) in [6, 6.07) is 7.48. The normalized spacial score (nSPS) is 11.7. The molecule has 122 valence electrons. The molecule has 6 heteroatoms. The predicted molar refractivity (Wildman–Crippen MR) is 91.9 cm³/mol. The Morgan fingerprint density at radius 1 is 1.21 bits per heavy atom. The summed E-state index contributed by atoms with van der Waals surface area (Å²) in [4.78, 5) is 28.0. The molecule has 0 radical (unpaired) electrons. The Balaban J connectivity index is 1.91. The standard InChI is InChI=1S/C18H13F2NO2S/c1-10-13-8-9-24-18(13)21-17(23)15(10)14(22)7-4-11-2-5-12(6-3-11)16(19)20/h2-9,16H,1H3,(H,21,23)/b7-4+. The van der Waals surface area contributed by atoms with E-state index in [1.165, 1.54) is 47.8 Å². The van der Waals surface area contributed by atoms with E-state index in [2.05, 4.69) is 4.98 Å². The molecule has 0 aliphatic carbocycles. The highest BCUT2D eigenvalue weighted by Gasteiger charge is 2.15. The number of nitrogens with one attached hydrogen (secondary N) is 1. The molecule has 0 bridgehead atoms.